The summed E-state index contributed by atoms with van der Waals surface area (Å²) < 4.78 is 0. The third-order valence-corrected chi connectivity index (χ3v) is 3.84. The number of nitrogens with zero attached hydrogens (tertiary/aromatic N) is 3. The average molecular weight is 277 g/mol. The molecule has 6 heteroatoms. The van der Waals surface area contributed by atoms with Crippen LogP contribution in [0.25, 0.3) is 0 Å². The van der Waals surface area contributed by atoms with Crippen LogP contribution in [0.3, 0.4) is 0 Å². The summed E-state index contributed by atoms with van der Waals surface area (Å²) in [4.78, 5) is 22.1. The molecule has 100 valence electrons. The zero-order valence-electron chi connectivity index (χ0n) is 10.8. The lowest BCUT2D eigenvalue weighted by Gasteiger charge is -2.25. The van der Waals surface area contributed by atoms with Gasteiger partial charge in [0.15, 0.2) is 5.69 Å². The molecule has 1 atom stereocenters. The summed E-state index contributed by atoms with van der Waals surface area (Å²) in [5.41, 5.74) is -0.0346. The van der Waals surface area contributed by atoms with Gasteiger partial charge in [0, 0.05) is 24.4 Å². The van der Waals surface area contributed by atoms with Gasteiger partial charge in [-0.25, -0.2) is 9.78 Å². The zero-order valence-corrected chi connectivity index (χ0v) is 11.6. The van der Waals surface area contributed by atoms with Gasteiger partial charge >= 0.3 is 5.97 Å². The summed E-state index contributed by atoms with van der Waals surface area (Å²) in [6.07, 6.45) is 3.73. The molecule has 0 fully saturated rings. The highest BCUT2D eigenvalue weighted by Crippen LogP contribution is 2.17. The van der Waals surface area contributed by atoms with E-state index >= 15 is 0 Å². The van der Waals surface area contributed by atoms with E-state index in [1.165, 1.54) is 11.1 Å². The highest BCUT2D eigenvalue weighted by Gasteiger charge is 2.15. The molecule has 0 aromatic carbocycles. The van der Waals surface area contributed by atoms with Crippen molar-refractivity contribution in [3.05, 3.63) is 40.5 Å². The van der Waals surface area contributed by atoms with Crippen molar-refractivity contribution in [3.63, 3.8) is 0 Å². The Labute approximate surface area is 115 Å². The number of carbonyl (C=O) groups is 1. The highest BCUT2D eigenvalue weighted by molar-refractivity contribution is 7.09. The first kappa shape index (κ1) is 13.5. The van der Waals surface area contributed by atoms with E-state index in [-0.39, 0.29) is 11.7 Å². The van der Waals surface area contributed by atoms with E-state index in [2.05, 4.69) is 23.0 Å². The second-order valence-electron chi connectivity index (χ2n) is 4.31. The fourth-order valence-electron chi connectivity index (χ4n) is 1.71. The van der Waals surface area contributed by atoms with Crippen LogP contribution in [0.15, 0.2) is 29.9 Å². The van der Waals surface area contributed by atoms with Crippen molar-refractivity contribution in [1.82, 2.24) is 9.97 Å². The van der Waals surface area contributed by atoms with Crippen LogP contribution in [0.4, 0.5) is 5.82 Å². The number of carboxylic acid groups (broad SMARTS) is 1. The van der Waals surface area contributed by atoms with Crippen LogP contribution in [-0.4, -0.2) is 34.1 Å². The standard InChI is InChI=1S/C13H15N3O2S/c1-9(6-10-4-3-5-19-10)16(2)12-8-14-7-11(15-12)13(17)18/h3-5,7-9H,6H2,1-2H3,(H,17,18). The molecule has 0 aliphatic heterocycles. The van der Waals surface area contributed by atoms with Crippen LogP contribution < -0.4 is 4.90 Å². The molecule has 0 radical (unpaired) electrons. The van der Waals surface area contributed by atoms with Gasteiger partial charge in [-0.15, -0.1) is 11.3 Å². The van der Waals surface area contributed by atoms with Gasteiger partial charge < -0.3 is 10.0 Å². The van der Waals surface area contributed by atoms with E-state index in [1.807, 2.05) is 23.4 Å². The van der Waals surface area contributed by atoms with Crippen molar-refractivity contribution in [3.8, 4) is 0 Å². The molecule has 0 spiro atoms. The minimum Gasteiger partial charge on any atom is -0.476 e. The number of anilines is 1. The molecule has 0 saturated heterocycles. The van der Waals surface area contributed by atoms with Gasteiger partial charge in [0.2, 0.25) is 0 Å². The summed E-state index contributed by atoms with van der Waals surface area (Å²) in [5.74, 6) is -0.488. The van der Waals surface area contributed by atoms with Gasteiger partial charge in [-0.3, -0.25) is 4.98 Å². The SMILES string of the molecule is CC(Cc1cccs1)N(C)c1cncc(C(=O)O)n1. The van der Waals surface area contributed by atoms with Crippen LogP contribution in [0.5, 0.6) is 0 Å². The first-order valence-electron chi connectivity index (χ1n) is 5.88. The van der Waals surface area contributed by atoms with Crippen molar-refractivity contribution in [1.29, 1.82) is 0 Å². The second kappa shape index (κ2) is 5.79. The molecule has 0 aliphatic carbocycles. The molecule has 2 heterocycles. The van der Waals surface area contributed by atoms with E-state index in [0.29, 0.717) is 5.82 Å². The molecular weight excluding hydrogens is 262 g/mol. The van der Waals surface area contributed by atoms with Crippen LogP contribution in [0.2, 0.25) is 0 Å². The van der Waals surface area contributed by atoms with E-state index < -0.39 is 5.97 Å². The molecule has 2 aromatic rings. The van der Waals surface area contributed by atoms with Crippen LogP contribution in [0.1, 0.15) is 22.3 Å². The van der Waals surface area contributed by atoms with Gasteiger partial charge in [-0.05, 0) is 18.4 Å². The van der Waals surface area contributed by atoms with Crippen LogP contribution in [0, 0.1) is 0 Å². The number of hydrogen-bond acceptors (Lipinski definition) is 5. The molecular formula is C13H15N3O2S. The number of rotatable bonds is 5. The van der Waals surface area contributed by atoms with Gasteiger partial charge in [0.1, 0.15) is 5.82 Å². The van der Waals surface area contributed by atoms with E-state index in [1.54, 1.807) is 17.5 Å². The topological polar surface area (TPSA) is 66.3 Å². The molecule has 19 heavy (non-hydrogen) atoms. The van der Waals surface area contributed by atoms with Crippen molar-refractivity contribution in [2.45, 2.75) is 19.4 Å². The predicted molar refractivity (Wildman–Crippen MR) is 74.9 cm³/mol. The van der Waals surface area contributed by atoms with E-state index in [4.69, 9.17) is 5.11 Å². The largest absolute Gasteiger partial charge is 0.476 e. The average Bonchev–Trinajstić information content (AvgIpc) is 2.90. The lowest BCUT2D eigenvalue weighted by Crippen LogP contribution is -2.31. The fraction of sp³-hybridized carbons (Fsp3) is 0.308. The Bertz CT molecular complexity index is 557. The zero-order chi connectivity index (χ0) is 13.8. The lowest BCUT2D eigenvalue weighted by atomic mass is 10.2. The smallest absolute Gasteiger partial charge is 0.356 e. The predicted octanol–water partition coefficient (Wildman–Crippen LogP) is 2.30. The molecule has 1 N–H and O–H groups in total. The third kappa shape index (κ3) is 3.29. The monoisotopic (exact) mass is 277 g/mol. The fourth-order valence-corrected chi connectivity index (χ4v) is 2.54. The molecule has 0 amide bonds. The van der Waals surface area contributed by atoms with Crippen LogP contribution >= 0.6 is 11.3 Å². The maximum Gasteiger partial charge on any atom is 0.356 e. The lowest BCUT2D eigenvalue weighted by molar-refractivity contribution is 0.0690. The summed E-state index contributed by atoms with van der Waals surface area (Å²) in [5, 5.41) is 11.0. The Hall–Kier alpha value is -1.95. The minimum absolute atomic E-state index is 0.0346. The molecule has 5 nitrogen and oxygen atoms in total. The van der Waals surface area contributed by atoms with E-state index in [0.717, 1.165) is 6.42 Å². The molecule has 1 unspecified atom stereocenters. The number of thiophene rings is 1. The maximum atomic E-state index is 10.9. The van der Waals surface area contributed by atoms with Gasteiger partial charge in [-0.1, -0.05) is 6.07 Å². The summed E-state index contributed by atoms with van der Waals surface area (Å²) in [6.45, 7) is 2.08. The third-order valence-electron chi connectivity index (χ3n) is 2.94. The molecule has 0 saturated carbocycles. The number of likely N-dealkylation sites (N-methyl/N-ethyl adjacent to an activating group) is 1. The Balaban J connectivity index is 2.12. The Morgan fingerprint density at radius 1 is 1.53 bits per heavy atom. The highest BCUT2D eigenvalue weighted by atomic mass is 32.1. The molecule has 2 aromatic heterocycles. The summed E-state index contributed by atoms with van der Waals surface area (Å²) >= 11 is 1.72. The Kier molecular flexibility index (Phi) is 4.11. The first-order valence-corrected chi connectivity index (χ1v) is 6.76. The number of aromatic nitrogens is 2. The second-order valence-corrected chi connectivity index (χ2v) is 5.34. The van der Waals surface area contributed by atoms with Crippen molar-refractivity contribution in [2.75, 3.05) is 11.9 Å². The number of aromatic carboxylic acids is 1. The van der Waals surface area contributed by atoms with Crippen molar-refractivity contribution < 1.29 is 9.90 Å². The Morgan fingerprint density at radius 3 is 2.95 bits per heavy atom. The molecule has 0 bridgehead atoms. The minimum atomic E-state index is -1.06. The number of carboxylic acids is 1. The quantitative estimate of drug-likeness (QED) is 0.908. The van der Waals surface area contributed by atoms with Crippen LogP contribution in [-0.2, 0) is 6.42 Å². The van der Waals surface area contributed by atoms with Crippen molar-refractivity contribution in [2.24, 2.45) is 0 Å². The maximum absolute atomic E-state index is 10.9. The summed E-state index contributed by atoms with van der Waals surface area (Å²) in [6, 6.07) is 4.34. The normalized spacial score (nSPS) is 12.1. The van der Waals surface area contributed by atoms with Gasteiger partial charge in [-0.2, -0.15) is 0 Å². The van der Waals surface area contributed by atoms with E-state index in [9.17, 15) is 4.79 Å². The molecule has 2 rings (SSSR count). The molecule has 0 aliphatic rings. The van der Waals surface area contributed by atoms with Crippen molar-refractivity contribution >= 4 is 23.1 Å². The Morgan fingerprint density at radius 2 is 2.32 bits per heavy atom. The summed E-state index contributed by atoms with van der Waals surface area (Å²) in [7, 11) is 1.90. The number of hydrogen-bond donors (Lipinski definition) is 1. The van der Waals surface area contributed by atoms with Gasteiger partial charge in [0.25, 0.3) is 0 Å². The van der Waals surface area contributed by atoms with Gasteiger partial charge in [0.05, 0.1) is 12.4 Å². The first-order chi connectivity index (χ1) is 9.08.